The minimum Gasteiger partial charge on any atom is -0.406 e. The molecule has 0 aliphatic heterocycles. The maximum Gasteiger partial charge on any atom is 0.573 e. The molecule has 26 heavy (non-hydrogen) atoms. The maximum atomic E-state index is 12.1. The highest BCUT2D eigenvalue weighted by molar-refractivity contribution is 5.94. The van der Waals surface area contributed by atoms with Crippen LogP contribution in [0.5, 0.6) is 5.75 Å². The number of carbonyl (C=O) groups excluding carboxylic acids is 2. The number of halogens is 3. The molecule has 2 aromatic rings. The SMILES string of the molecule is O=C(CCNC(=O)c1ccc(OC(F)(F)F)cc1)NCc1cccnc1. The van der Waals surface area contributed by atoms with E-state index in [9.17, 15) is 22.8 Å². The van der Waals surface area contributed by atoms with Crippen molar-refractivity contribution in [3.8, 4) is 5.75 Å². The highest BCUT2D eigenvalue weighted by Gasteiger charge is 2.31. The summed E-state index contributed by atoms with van der Waals surface area (Å²) in [6, 6.07) is 8.08. The summed E-state index contributed by atoms with van der Waals surface area (Å²) in [5.74, 6) is -1.16. The smallest absolute Gasteiger partial charge is 0.406 e. The van der Waals surface area contributed by atoms with Crippen LogP contribution in [0, 0.1) is 0 Å². The molecule has 0 radical (unpaired) electrons. The van der Waals surface area contributed by atoms with Crippen LogP contribution in [0.15, 0.2) is 48.8 Å². The molecule has 138 valence electrons. The number of pyridine rings is 1. The Bertz CT molecular complexity index is 734. The Morgan fingerprint density at radius 3 is 2.42 bits per heavy atom. The molecule has 0 fully saturated rings. The molecular weight excluding hydrogens is 351 g/mol. The van der Waals surface area contributed by atoms with Crippen LogP contribution in [-0.4, -0.2) is 29.7 Å². The Kier molecular flexibility index (Phi) is 6.54. The van der Waals surface area contributed by atoms with Gasteiger partial charge in [-0.25, -0.2) is 0 Å². The summed E-state index contributed by atoms with van der Waals surface area (Å²) < 4.78 is 39.9. The van der Waals surface area contributed by atoms with E-state index in [4.69, 9.17) is 0 Å². The highest BCUT2D eigenvalue weighted by atomic mass is 19.4. The van der Waals surface area contributed by atoms with Gasteiger partial charge in [0.05, 0.1) is 0 Å². The number of rotatable bonds is 7. The van der Waals surface area contributed by atoms with Gasteiger partial charge in [0.2, 0.25) is 5.91 Å². The third-order valence-electron chi connectivity index (χ3n) is 3.20. The topological polar surface area (TPSA) is 80.3 Å². The third kappa shape index (κ3) is 6.80. The summed E-state index contributed by atoms with van der Waals surface area (Å²) in [5, 5.41) is 5.21. The molecular formula is C17H16F3N3O3. The summed E-state index contributed by atoms with van der Waals surface area (Å²) in [4.78, 5) is 27.5. The van der Waals surface area contributed by atoms with Gasteiger partial charge in [-0.1, -0.05) is 6.07 Å². The van der Waals surface area contributed by atoms with E-state index in [0.29, 0.717) is 6.54 Å². The molecule has 0 aliphatic carbocycles. The first-order valence-electron chi connectivity index (χ1n) is 7.63. The Morgan fingerprint density at radius 2 is 1.81 bits per heavy atom. The number of hydrogen-bond acceptors (Lipinski definition) is 4. The monoisotopic (exact) mass is 367 g/mol. The van der Waals surface area contributed by atoms with Gasteiger partial charge in [0.15, 0.2) is 0 Å². The quantitative estimate of drug-likeness (QED) is 0.788. The lowest BCUT2D eigenvalue weighted by atomic mass is 10.2. The minimum absolute atomic E-state index is 0.0707. The average Bonchev–Trinajstić information content (AvgIpc) is 2.60. The third-order valence-corrected chi connectivity index (χ3v) is 3.20. The first-order valence-corrected chi connectivity index (χ1v) is 7.63. The summed E-state index contributed by atoms with van der Waals surface area (Å²) >= 11 is 0. The second kappa shape index (κ2) is 8.84. The second-order valence-electron chi connectivity index (χ2n) is 5.22. The van der Waals surface area contributed by atoms with Crippen molar-refractivity contribution in [3.05, 3.63) is 59.9 Å². The Balaban J connectivity index is 1.72. The molecule has 9 heteroatoms. The minimum atomic E-state index is -4.78. The van der Waals surface area contributed by atoms with E-state index in [1.807, 2.05) is 6.07 Å². The molecule has 2 rings (SSSR count). The van der Waals surface area contributed by atoms with Crippen molar-refractivity contribution in [3.63, 3.8) is 0 Å². The van der Waals surface area contributed by atoms with E-state index < -0.39 is 18.0 Å². The summed E-state index contributed by atoms with van der Waals surface area (Å²) in [6.45, 7) is 0.430. The molecule has 0 saturated carbocycles. The van der Waals surface area contributed by atoms with Gasteiger partial charge >= 0.3 is 6.36 Å². The maximum absolute atomic E-state index is 12.1. The molecule has 0 spiro atoms. The predicted octanol–water partition coefficient (Wildman–Crippen LogP) is 2.42. The fraction of sp³-hybridized carbons (Fsp3) is 0.235. The lowest BCUT2D eigenvalue weighted by Crippen LogP contribution is -2.30. The van der Waals surface area contributed by atoms with E-state index in [1.54, 1.807) is 18.5 Å². The standard InChI is InChI=1S/C17H16F3N3O3/c18-17(19,20)26-14-5-3-13(4-6-14)16(25)22-9-7-15(24)23-11-12-2-1-8-21-10-12/h1-6,8,10H,7,9,11H2,(H,22,25)(H,23,24). The number of amides is 2. The van der Waals surface area contributed by atoms with Crippen molar-refractivity contribution in [1.29, 1.82) is 0 Å². The van der Waals surface area contributed by atoms with Crippen molar-refractivity contribution in [2.24, 2.45) is 0 Å². The molecule has 0 aliphatic rings. The number of hydrogen-bond donors (Lipinski definition) is 2. The second-order valence-corrected chi connectivity index (χ2v) is 5.22. The van der Waals surface area contributed by atoms with E-state index in [-0.39, 0.29) is 24.4 Å². The molecule has 0 saturated heterocycles. The van der Waals surface area contributed by atoms with E-state index in [0.717, 1.165) is 17.7 Å². The van der Waals surface area contributed by atoms with Gasteiger partial charge in [-0.15, -0.1) is 13.2 Å². The lowest BCUT2D eigenvalue weighted by Gasteiger charge is -2.09. The van der Waals surface area contributed by atoms with Crippen LogP contribution in [0.3, 0.4) is 0 Å². The van der Waals surface area contributed by atoms with Crippen LogP contribution in [-0.2, 0) is 11.3 Å². The first-order chi connectivity index (χ1) is 12.3. The van der Waals surface area contributed by atoms with Crippen LogP contribution in [0.25, 0.3) is 0 Å². The van der Waals surface area contributed by atoms with E-state index in [1.165, 1.54) is 12.1 Å². The summed E-state index contributed by atoms with van der Waals surface area (Å²) in [5.41, 5.74) is 1.02. The highest BCUT2D eigenvalue weighted by Crippen LogP contribution is 2.22. The lowest BCUT2D eigenvalue weighted by molar-refractivity contribution is -0.274. The molecule has 0 bridgehead atoms. The van der Waals surface area contributed by atoms with Crippen LogP contribution < -0.4 is 15.4 Å². The molecule has 6 nitrogen and oxygen atoms in total. The van der Waals surface area contributed by atoms with Gasteiger partial charge in [-0.05, 0) is 35.9 Å². The molecule has 1 heterocycles. The van der Waals surface area contributed by atoms with E-state index in [2.05, 4.69) is 20.4 Å². The van der Waals surface area contributed by atoms with Gasteiger partial charge in [0, 0.05) is 37.5 Å². The normalized spacial score (nSPS) is 10.9. The molecule has 1 aromatic heterocycles. The zero-order valence-electron chi connectivity index (χ0n) is 13.5. The summed E-state index contributed by atoms with van der Waals surface area (Å²) in [6.07, 6.45) is -1.45. The average molecular weight is 367 g/mol. The molecule has 0 atom stereocenters. The van der Waals surface area contributed by atoms with Crippen molar-refractivity contribution in [2.75, 3.05) is 6.54 Å². The van der Waals surface area contributed by atoms with Gasteiger partial charge in [-0.2, -0.15) is 0 Å². The fourth-order valence-corrected chi connectivity index (χ4v) is 1.99. The van der Waals surface area contributed by atoms with Gasteiger partial charge < -0.3 is 15.4 Å². The number of carbonyl (C=O) groups is 2. The van der Waals surface area contributed by atoms with Crippen molar-refractivity contribution >= 4 is 11.8 Å². The number of aromatic nitrogens is 1. The Labute approximate surface area is 147 Å². The number of nitrogens with zero attached hydrogens (tertiary/aromatic N) is 1. The van der Waals surface area contributed by atoms with Crippen molar-refractivity contribution in [2.45, 2.75) is 19.3 Å². The van der Waals surface area contributed by atoms with E-state index >= 15 is 0 Å². The number of benzene rings is 1. The predicted molar refractivity (Wildman–Crippen MR) is 86.2 cm³/mol. The first kappa shape index (κ1) is 19.2. The van der Waals surface area contributed by atoms with Crippen molar-refractivity contribution < 1.29 is 27.5 Å². The number of nitrogens with one attached hydrogen (secondary N) is 2. The Morgan fingerprint density at radius 1 is 1.08 bits per heavy atom. The molecule has 1 aromatic carbocycles. The zero-order chi connectivity index (χ0) is 19.0. The number of alkyl halides is 3. The van der Waals surface area contributed by atoms with Gasteiger partial charge in [-0.3, -0.25) is 14.6 Å². The van der Waals surface area contributed by atoms with Gasteiger partial charge in [0.1, 0.15) is 5.75 Å². The zero-order valence-corrected chi connectivity index (χ0v) is 13.5. The molecule has 0 unspecified atom stereocenters. The summed E-state index contributed by atoms with van der Waals surface area (Å²) in [7, 11) is 0. The van der Waals surface area contributed by atoms with Crippen molar-refractivity contribution in [1.82, 2.24) is 15.6 Å². The van der Waals surface area contributed by atoms with Crippen LogP contribution in [0.4, 0.5) is 13.2 Å². The van der Waals surface area contributed by atoms with Crippen LogP contribution >= 0.6 is 0 Å². The fourth-order valence-electron chi connectivity index (χ4n) is 1.99. The van der Waals surface area contributed by atoms with Crippen LogP contribution in [0.1, 0.15) is 22.3 Å². The van der Waals surface area contributed by atoms with Crippen LogP contribution in [0.2, 0.25) is 0 Å². The Hall–Kier alpha value is -3.10. The van der Waals surface area contributed by atoms with Gasteiger partial charge in [0.25, 0.3) is 5.91 Å². The largest absolute Gasteiger partial charge is 0.573 e. The number of ether oxygens (including phenoxy) is 1. The molecule has 2 amide bonds. The molecule has 2 N–H and O–H groups in total.